The van der Waals surface area contributed by atoms with Crippen molar-refractivity contribution in [1.82, 2.24) is 5.32 Å². The first-order valence-electron chi connectivity index (χ1n) is 12.7. The van der Waals surface area contributed by atoms with E-state index in [9.17, 15) is 22.9 Å². The van der Waals surface area contributed by atoms with E-state index >= 15 is 0 Å². The maximum atomic E-state index is 12.2. The van der Waals surface area contributed by atoms with E-state index in [-0.39, 0.29) is 12.3 Å². The highest BCUT2D eigenvalue weighted by Crippen LogP contribution is 2.09. The Labute approximate surface area is 202 Å². The molecule has 0 rings (SSSR count). The third kappa shape index (κ3) is 22.1. The molecule has 7 heteroatoms. The number of carbonyl (C=O) groups is 1. The summed E-state index contributed by atoms with van der Waals surface area (Å²) in [7, 11) is -4.33. The van der Waals surface area contributed by atoms with Crippen LogP contribution in [0.4, 0.5) is 0 Å². The summed E-state index contributed by atoms with van der Waals surface area (Å²) in [5.41, 5.74) is 0. The van der Waals surface area contributed by atoms with E-state index < -0.39 is 28.0 Å². The van der Waals surface area contributed by atoms with Crippen LogP contribution in [0.1, 0.15) is 104 Å². The van der Waals surface area contributed by atoms with Gasteiger partial charge >= 0.3 is 0 Å². The molecule has 0 aromatic heterocycles. The van der Waals surface area contributed by atoms with Crippen LogP contribution in [0, 0.1) is 0 Å². The van der Waals surface area contributed by atoms with E-state index in [1.807, 2.05) is 0 Å². The molecule has 2 unspecified atom stereocenters. The van der Waals surface area contributed by atoms with Gasteiger partial charge in [-0.1, -0.05) is 88.8 Å². The summed E-state index contributed by atoms with van der Waals surface area (Å²) in [4.78, 5) is 12.2. The number of unbranched alkanes of at least 4 members (excludes halogenated alkanes) is 9. The van der Waals surface area contributed by atoms with Crippen LogP contribution in [-0.4, -0.2) is 41.9 Å². The van der Waals surface area contributed by atoms with Crippen LogP contribution < -0.4 is 5.32 Å². The molecule has 0 aliphatic rings. The van der Waals surface area contributed by atoms with Crippen LogP contribution in [-0.2, 0) is 14.9 Å². The predicted octanol–water partition coefficient (Wildman–Crippen LogP) is 5.89. The van der Waals surface area contributed by atoms with Crippen molar-refractivity contribution in [1.29, 1.82) is 0 Å². The van der Waals surface area contributed by atoms with E-state index in [0.29, 0.717) is 12.8 Å². The number of allylic oxidation sites excluding steroid dienone is 5. The van der Waals surface area contributed by atoms with E-state index in [1.165, 1.54) is 18.9 Å². The molecule has 0 aromatic rings. The fourth-order valence-electron chi connectivity index (χ4n) is 3.33. The summed E-state index contributed by atoms with van der Waals surface area (Å²) in [5, 5.41) is 12.9. The SMILES string of the molecule is CCC/C=C\CCCCCCCC(=O)NC(CS(=O)(=O)O)C(O)/C=C/CC/C=C/CCCC. The Hall–Kier alpha value is -1.44. The van der Waals surface area contributed by atoms with Gasteiger partial charge in [-0.2, -0.15) is 8.42 Å². The zero-order chi connectivity index (χ0) is 24.8. The van der Waals surface area contributed by atoms with E-state index in [1.54, 1.807) is 6.08 Å². The third-order valence-corrected chi connectivity index (χ3v) is 6.05. The van der Waals surface area contributed by atoms with Crippen molar-refractivity contribution in [3.63, 3.8) is 0 Å². The van der Waals surface area contributed by atoms with Gasteiger partial charge < -0.3 is 10.4 Å². The molecule has 33 heavy (non-hydrogen) atoms. The molecule has 0 fully saturated rings. The molecule has 0 saturated heterocycles. The van der Waals surface area contributed by atoms with Crippen molar-refractivity contribution in [3.8, 4) is 0 Å². The molecule has 0 spiro atoms. The third-order valence-electron chi connectivity index (χ3n) is 5.27. The average Bonchev–Trinajstić information content (AvgIpc) is 2.75. The smallest absolute Gasteiger partial charge is 0.267 e. The highest BCUT2D eigenvalue weighted by Gasteiger charge is 2.24. The molecular weight excluding hydrogens is 438 g/mol. The standard InChI is InChI=1S/C26H47NO5S/c1-3-5-7-9-11-13-14-16-18-20-22-26(29)27-24(23-33(30,31)32)25(28)21-19-17-15-12-10-8-6-4-2/h7,9-10,12,19,21,24-25,28H,3-6,8,11,13-18,20,22-23H2,1-2H3,(H,27,29)(H,30,31,32)/b9-7-,12-10+,21-19+. The molecule has 1 amide bonds. The topological polar surface area (TPSA) is 104 Å². The molecule has 0 aliphatic heterocycles. The van der Waals surface area contributed by atoms with Gasteiger partial charge in [0.2, 0.25) is 5.91 Å². The van der Waals surface area contributed by atoms with Crippen LogP contribution in [0.5, 0.6) is 0 Å². The largest absolute Gasteiger partial charge is 0.387 e. The number of nitrogens with one attached hydrogen (secondary N) is 1. The van der Waals surface area contributed by atoms with E-state index in [2.05, 4.69) is 43.5 Å². The monoisotopic (exact) mass is 485 g/mol. The Kier molecular flexibility index (Phi) is 20.2. The molecule has 3 N–H and O–H groups in total. The number of aliphatic hydroxyl groups excluding tert-OH is 1. The number of hydrogen-bond donors (Lipinski definition) is 3. The number of aliphatic hydroxyl groups is 1. The molecule has 0 aliphatic carbocycles. The second-order valence-corrected chi connectivity index (χ2v) is 10.1. The minimum atomic E-state index is -4.33. The van der Waals surface area contributed by atoms with Crippen molar-refractivity contribution in [2.75, 3.05) is 5.75 Å². The molecule has 0 saturated carbocycles. The Morgan fingerprint density at radius 1 is 0.788 bits per heavy atom. The minimum absolute atomic E-state index is 0.275. The summed E-state index contributed by atoms with van der Waals surface area (Å²) in [6.45, 7) is 4.31. The van der Waals surface area contributed by atoms with Gasteiger partial charge in [-0.25, -0.2) is 0 Å². The Balaban J connectivity index is 4.29. The summed E-state index contributed by atoms with van der Waals surface area (Å²) < 4.78 is 31.9. The first-order valence-corrected chi connectivity index (χ1v) is 14.3. The van der Waals surface area contributed by atoms with Gasteiger partial charge in [0.1, 0.15) is 0 Å². The normalized spacial score (nSPS) is 14.4. The van der Waals surface area contributed by atoms with Crippen LogP contribution in [0.3, 0.4) is 0 Å². The van der Waals surface area contributed by atoms with Crippen LogP contribution >= 0.6 is 0 Å². The summed E-state index contributed by atoms with van der Waals surface area (Å²) in [5.74, 6) is -1.02. The molecule has 0 heterocycles. The van der Waals surface area contributed by atoms with Crippen molar-refractivity contribution < 1.29 is 22.9 Å². The van der Waals surface area contributed by atoms with Crippen LogP contribution in [0.2, 0.25) is 0 Å². The van der Waals surface area contributed by atoms with Crippen LogP contribution in [0.25, 0.3) is 0 Å². The fourth-order valence-corrected chi connectivity index (χ4v) is 4.07. The molecule has 0 bridgehead atoms. The molecule has 2 atom stereocenters. The molecule has 6 nitrogen and oxygen atoms in total. The average molecular weight is 486 g/mol. The number of carbonyl (C=O) groups excluding carboxylic acids is 1. The highest BCUT2D eigenvalue weighted by molar-refractivity contribution is 7.85. The molecule has 192 valence electrons. The maximum absolute atomic E-state index is 12.2. The first kappa shape index (κ1) is 31.6. The Morgan fingerprint density at radius 3 is 2.03 bits per heavy atom. The number of rotatable bonds is 21. The van der Waals surface area contributed by atoms with Gasteiger partial charge in [-0.05, 0) is 44.9 Å². The zero-order valence-electron chi connectivity index (χ0n) is 20.8. The lowest BCUT2D eigenvalue weighted by Gasteiger charge is -2.21. The van der Waals surface area contributed by atoms with Gasteiger partial charge in [0.25, 0.3) is 10.1 Å². The summed E-state index contributed by atoms with van der Waals surface area (Å²) >= 11 is 0. The van der Waals surface area contributed by atoms with Gasteiger partial charge in [-0.15, -0.1) is 0 Å². The lowest BCUT2D eigenvalue weighted by Crippen LogP contribution is -2.46. The van der Waals surface area contributed by atoms with E-state index in [4.69, 9.17) is 0 Å². The van der Waals surface area contributed by atoms with Crippen molar-refractivity contribution in [2.24, 2.45) is 0 Å². The predicted molar refractivity (Wildman–Crippen MR) is 138 cm³/mol. The highest BCUT2D eigenvalue weighted by atomic mass is 32.2. The minimum Gasteiger partial charge on any atom is -0.387 e. The quantitative estimate of drug-likeness (QED) is 0.107. The summed E-state index contributed by atoms with van der Waals surface area (Å²) in [6, 6.07) is -1.07. The van der Waals surface area contributed by atoms with E-state index in [0.717, 1.165) is 57.8 Å². The summed E-state index contributed by atoms with van der Waals surface area (Å²) in [6.07, 6.45) is 24.4. The number of amides is 1. The van der Waals surface area contributed by atoms with Crippen molar-refractivity contribution >= 4 is 16.0 Å². The van der Waals surface area contributed by atoms with Crippen LogP contribution in [0.15, 0.2) is 36.5 Å². The van der Waals surface area contributed by atoms with Gasteiger partial charge in [-0.3, -0.25) is 9.35 Å². The van der Waals surface area contributed by atoms with Gasteiger partial charge in [0.05, 0.1) is 17.9 Å². The number of hydrogen-bond acceptors (Lipinski definition) is 4. The fraction of sp³-hybridized carbons (Fsp3) is 0.731. The van der Waals surface area contributed by atoms with Gasteiger partial charge in [0.15, 0.2) is 0 Å². The van der Waals surface area contributed by atoms with Gasteiger partial charge in [0, 0.05) is 6.42 Å². The molecule has 0 aromatic carbocycles. The Morgan fingerprint density at radius 2 is 1.36 bits per heavy atom. The first-order chi connectivity index (χ1) is 15.8. The van der Waals surface area contributed by atoms with Crippen molar-refractivity contribution in [3.05, 3.63) is 36.5 Å². The second kappa shape index (κ2) is 21.1. The Bertz CT molecular complexity index is 670. The lowest BCUT2D eigenvalue weighted by molar-refractivity contribution is -0.122. The molecule has 0 radical (unpaired) electrons. The zero-order valence-corrected chi connectivity index (χ0v) is 21.6. The second-order valence-electron chi connectivity index (χ2n) is 8.60. The molecular formula is C26H47NO5S. The lowest BCUT2D eigenvalue weighted by atomic mass is 10.1. The van der Waals surface area contributed by atoms with Crippen molar-refractivity contribution in [2.45, 2.75) is 116 Å². The maximum Gasteiger partial charge on any atom is 0.267 e.